The minimum atomic E-state index is -3.42. The van der Waals surface area contributed by atoms with Gasteiger partial charge in [0.15, 0.2) is 0 Å². The van der Waals surface area contributed by atoms with Gasteiger partial charge < -0.3 is 0 Å². The Labute approximate surface area is 99.3 Å². The summed E-state index contributed by atoms with van der Waals surface area (Å²) in [5, 5.41) is 8.88. The van der Waals surface area contributed by atoms with Gasteiger partial charge in [-0.2, -0.15) is 5.26 Å². The van der Waals surface area contributed by atoms with E-state index in [0.29, 0.717) is 6.54 Å². The summed E-state index contributed by atoms with van der Waals surface area (Å²) in [6.45, 7) is 2.10. The van der Waals surface area contributed by atoms with Gasteiger partial charge in [-0.25, -0.2) is 12.8 Å². The third kappa shape index (κ3) is 1.98. The molecule has 4 nitrogen and oxygen atoms in total. The SMILES string of the molecule is CC1CN(c2cccc(F)c2C#N)S(=O)(=O)C1. The lowest BCUT2D eigenvalue weighted by Gasteiger charge is -2.18. The minimum Gasteiger partial charge on any atom is -0.268 e. The molecule has 1 unspecified atom stereocenters. The Morgan fingerprint density at radius 3 is 2.76 bits per heavy atom. The number of halogens is 1. The summed E-state index contributed by atoms with van der Waals surface area (Å²) in [4.78, 5) is 0. The van der Waals surface area contributed by atoms with Crippen molar-refractivity contribution < 1.29 is 12.8 Å². The summed E-state index contributed by atoms with van der Waals surface area (Å²) < 4.78 is 38.2. The smallest absolute Gasteiger partial charge is 0.235 e. The first kappa shape index (κ1) is 11.9. The number of rotatable bonds is 1. The second-order valence-electron chi connectivity index (χ2n) is 4.16. The molecule has 1 aromatic rings. The Morgan fingerprint density at radius 1 is 1.53 bits per heavy atom. The number of hydrogen-bond donors (Lipinski definition) is 0. The zero-order valence-electron chi connectivity index (χ0n) is 9.22. The molecule has 0 aromatic heterocycles. The van der Waals surface area contributed by atoms with Gasteiger partial charge in [0.1, 0.15) is 17.4 Å². The van der Waals surface area contributed by atoms with Gasteiger partial charge in [0.2, 0.25) is 10.0 Å². The van der Waals surface area contributed by atoms with E-state index in [1.54, 1.807) is 6.07 Å². The van der Waals surface area contributed by atoms with Crippen LogP contribution < -0.4 is 4.31 Å². The fraction of sp³-hybridized carbons (Fsp3) is 0.364. The topological polar surface area (TPSA) is 61.2 Å². The van der Waals surface area contributed by atoms with Gasteiger partial charge in [-0.05, 0) is 18.1 Å². The van der Waals surface area contributed by atoms with Crippen LogP contribution in [0, 0.1) is 23.1 Å². The van der Waals surface area contributed by atoms with E-state index < -0.39 is 15.8 Å². The molecule has 0 radical (unpaired) electrons. The lowest BCUT2D eigenvalue weighted by atomic mass is 10.1. The fourth-order valence-corrected chi connectivity index (χ4v) is 3.92. The second kappa shape index (κ2) is 4.00. The van der Waals surface area contributed by atoms with E-state index in [1.807, 2.05) is 6.92 Å². The first-order valence-electron chi connectivity index (χ1n) is 5.14. The van der Waals surface area contributed by atoms with Crippen LogP contribution in [0.1, 0.15) is 12.5 Å². The molecule has 2 rings (SSSR count). The van der Waals surface area contributed by atoms with E-state index in [1.165, 1.54) is 12.1 Å². The van der Waals surface area contributed by atoms with Gasteiger partial charge in [0.25, 0.3) is 0 Å². The lowest BCUT2D eigenvalue weighted by molar-refractivity contribution is 0.597. The zero-order chi connectivity index (χ0) is 12.6. The van der Waals surface area contributed by atoms with Crippen molar-refractivity contribution in [2.75, 3.05) is 16.6 Å². The normalized spacial score (nSPS) is 22.4. The number of nitriles is 1. The van der Waals surface area contributed by atoms with Crippen molar-refractivity contribution in [1.29, 1.82) is 5.26 Å². The maximum absolute atomic E-state index is 13.4. The van der Waals surface area contributed by atoms with E-state index in [4.69, 9.17) is 5.26 Å². The van der Waals surface area contributed by atoms with Crippen molar-refractivity contribution in [2.45, 2.75) is 6.92 Å². The summed E-state index contributed by atoms with van der Waals surface area (Å²) in [6.07, 6.45) is 0. The van der Waals surface area contributed by atoms with Crippen LogP contribution in [0.25, 0.3) is 0 Å². The minimum absolute atomic E-state index is 0.0187. The molecule has 0 aliphatic carbocycles. The fourth-order valence-electron chi connectivity index (χ4n) is 1.98. The molecule has 90 valence electrons. The second-order valence-corrected chi connectivity index (χ2v) is 6.10. The van der Waals surface area contributed by atoms with Crippen LogP contribution in [0.2, 0.25) is 0 Å². The van der Waals surface area contributed by atoms with Crippen LogP contribution in [-0.4, -0.2) is 20.7 Å². The van der Waals surface area contributed by atoms with Crippen LogP contribution in [0.4, 0.5) is 10.1 Å². The molecule has 1 saturated heterocycles. The quantitative estimate of drug-likeness (QED) is 0.762. The van der Waals surface area contributed by atoms with Crippen molar-refractivity contribution in [2.24, 2.45) is 5.92 Å². The molecule has 0 N–H and O–H groups in total. The summed E-state index contributed by atoms with van der Waals surface area (Å²) in [7, 11) is -3.42. The highest BCUT2D eigenvalue weighted by molar-refractivity contribution is 7.93. The van der Waals surface area contributed by atoms with Gasteiger partial charge in [0.05, 0.1) is 11.4 Å². The summed E-state index contributed by atoms with van der Waals surface area (Å²) >= 11 is 0. The molecule has 17 heavy (non-hydrogen) atoms. The summed E-state index contributed by atoms with van der Waals surface area (Å²) in [5.41, 5.74) is -0.0815. The molecular formula is C11H11FN2O2S. The predicted molar refractivity (Wildman–Crippen MR) is 61.4 cm³/mol. The highest BCUT2D eigenvalue weighted by atomic mass is 32.2. The molecule has 1 atom stereocenters. The Balaban J connectivity index is 2.56. The van der Waals surface area contributed by atoms with E-state index in [9.17, 15) is 12.8 Å². The Hall–Kier alpha value is -1.61. The first-order valence-corrected chi connectivity index (χ1v) is 6.75. The van der Waals surface area contributed by atoms with Gasteiger partial charge in [0, 0.05) is 6.54 Å². The van der Waals surface area contributed by atoms with E-state index in [-0.39, 0.29) is 22.9 Å². The van der Waals surface area contributed by atoms with E-state index >= 15 is 0 Å². The predicted octanol–water partition coefficient (Wildman–Crippen LogP) is 1.48. The summed E-state index contributed by atoms with van der Waals surface area (Å²) in [6, 6.07) is 5.72. The molecule has 1 aliphatic heterocycles. The van der Waals surface area contributed by atoms with Gasteiger partial charge in [-0.1, -0.05) is 13.0 Å². The van der Waals surface area contributed by atoms with Crippen molar-refractivity contribution in [1.82, 2.24) is 0 Å². The van der Waals surface area contributed by atoms with E-state index in [0.717, 1.165) is 10.4 Å². The van der Waals surface area contributed by atoms with Crippen LogP contribution in [-0.2, 0) is 10.0 Å². The number of nitrogens with zero attached hydrogens (tertiary/aromatic N) is 2. The van der Waals surface area contributed by atoms with Crippen LogP contribution >= 0.6 is 0 Å². The van der Waals surface area contributed by atoms with Gasteiger partial charge >= 0.3 is 0 Å². The maximum atomic E-state index is 13.4. The van der Waals surface area contributed by atoms with Gasteiger partial charge in [-0.3, -0.25) is 4.31 Å². The molecule has 0 spiro atoms. The monoisotopic (exact) mass is 254 g/mol. The molecule has 1 aliphatic rings. The molecule has 0 amide bonds. The largest absolute Gasteiger partial charge is 0.268 e. The first-order chi connectivity index (χ1) is 7.95. The van der Waals surface area contributed by atoms with Crippen LogP contribution in [0.5, 0.6) is 0 Å². The number of benzene rings is 1. The zero-order valence-corrected chi connectivity index (χ0v) is 10.0. The molecule has 0 saturated carbocycles. The van der Waals surface area contributed by atoms with Crippen molar-refractivity contribution in [3.63, 3.8) is 0 Å². The van der Waals surface area contributed by atoms with Crippen LogP contribution in [0.15, 0.2) is 18.2 Å². The Kier molecular flexibility index (Phi) is 2.79. The number of sulfonamides is 1. The number of anilines is 1. The van der Waals surface area contributed by atoms with Crippen molar-refractivity contribution >= 4 is 15.7 Å². The highest BCUT2D eigenvalue weighted by Crippen LogP contribution is 2.30. The average molecular weight is 254 g/mol. The van der Waals surface area contributed by atoms with Crippen LogP contribution in [0.3, 0.4) is 0 Å². The third-order valence-corrected chi connectivity index (χ3v) is 4.69. The maximum Gasteiger partial charge on any atom is 0.235 e. The molecular weight excluding hydrogens is 243 g/mol. The standard InChI is InChI=1S/C11H11FN2O2S/c1-8-6-14(17(15,16)7-8)11-4-2-3-10(12)9(11)5-13/h2-4,8H,6-7H2,1H3. The molecule has 0 bridgehead atoms. The third-order valence-electron chi connectivity index (χ3n) is 2.68. The Bertz CT molecular complexity index is 592. The molecule has 1 aromatic carbocycles. The van der Waals surface area contributed by atoms with Crippen molar-refractivity contribution in [3.8, 4) is 6.07 Å². The Morgan fingerprint density at radius 2 is 2.24 bits per heavy atom. The highest BCUT2D eigenvalue weighted by Gasteiger charge is 2.35. The molecule has 1 heterocycles. The van der Waals surface area contributed by atoms with Gasteiger partial charge in [-0.15, -0.1) is 0 Å². The van der Waals surface area contributed by atoms with Crippen molar-refractivity contribution in [3.05, 3.63) is 29.6 Å². The summed E-state index contributed by atoms with van der Waals surface area (Å²) in [5.74, 6) is -0.677. The molecule has 1 fully saturated rings. The lowest BCUT2D eigenvalue weighted by Crippen LogP contribution is -2.26. The number of hydrogen-bond acceptors (Lipinski definition) is 3. The van der Waals surface area contributed by atoms with E-state index in [2.05, 4.69) is 0 Å². The average Bonchev–Trinajstić information content (AvgIpc) is 2.51. The molecule has 6 heteroatoms.